The second-order valence-electron chi connectivity index (χ2n) is 2.64. The summed E-state index contributed by atoms with van der Waals surface area (Å²) >= 11 is 0. The largest absolute Gasteiger partial charge is 0.506 e. The van der Waals surface area contributed by atoms with Crippen molar-refractivity contribution in [2.24, 2.45) is 0 Å². The molecule has 0 aliphatic heterocycles. The minimum atomic E-state index is -4.50. The van der Waals surface area contributed by atoms with Crippen LogP contribution in [0.4, 0.5) is 0 Å². The highest BCUT2D eigenvalue weighted by molar-refractivity contribution is 8.14. The van der Waals surface area contributed by atoms with Crippen LogP contribution in [-0.2, 0) is 18.1 Å². The lowest BCUT2D eigenvalue weighted by Crippen LogP contribution is -1.98. The standard InChI is InChI=1S/C6H4Cl2O6S2/c7-15(11,12)4-2-1-3(9)6(5(4)10)16(8,13)14/h1-2,9-10H. The Bertz CT molecular complexity index is 633. The maximum atomic E-state index is 11.0. The Hall–Kier alpha value is -0.700. The van der Waals surface area contributed by atoms with E-state index in [-0.39, 0.29) is 0 Å². The first-order valence-corrected chi connectivity index (χ1v) is 8.11. The van der Waals surface area contributed by atoms with Gasteiger partial charge in [0.15, 0.2) is 10.6 Å². The van der Waals surface area contributed by atoms with Crippen LogP contribution in [0.5, 0.6) is 11.5 Å². The van der Waals surface area contributed by atoms with E-state index in [4.69, 9.17) is 26.5 Å². The smallest absolute Gasteiger partial charge is 0.268 e. The van der Waals surface area contributed by atoms with Gasteiger partial charge in [0.05, 0.1) is 0 Å². The molecule has 90 valence electrons. The minimum absolute atomic E-state index is 0.740. The third-order valence-electron chi connectivity index (χ3n) is 1.58. The fourth-order valence-corrected chi connectivity index (χ4v) is 3.10. The fourth-order valence-electron chi connectivity index (χ4n) is 0.980. The molecule has 0 fully saturated rings. The predicted octanol–water partition coefficient (Wildman–Crippen LogP) is 0.953. The number of hydrogen-bond acceptors (Lipinski definition) is 6. The fraction of sp³-hybridized carbons (Fsp3) is 0. The van der Waals surface area contributed by atoms with Gasteiger partial charge in [-0.2, -0.15) is 0 Å². The molecule has 0 spiro atoms. The van der Waals surface area contributed by atoms with E-state index >= 15 is 0 Å². The van der Waals surface area contributed by atoms with Crippen LogP contribution in [0.3, 0.4) is 0 Å². The van der Waals surface area contributed by atoms with E-state index in [0.717, 1.165) is 12.1 Å². The first-order chi connectivity index (χ1) is 7.05. The maximum absolute atomic E-state index is 11.0. The molecule has 6 nitrogen and oxygen atoms in total. The monoisotopic (exact) mass is 306 g/mol. The Labute approximate surface area is 99.9 Å². The summed E-state index contributed by atoms with van der Waals surface area (Å²) in [6, 6.07) is 1.49. The lowest BCUT2D eigenvalue weighted by Gasteiger charge is -2.06. The number of hydrogen-bond donors (Lipinski definition) is 2. The number of halogens is 2. The van der Waals surface area contributed by atoms with Gasteiger partial charge in [0.2, 0.25) is 0 Å². The van der Waals surface area contributed by atoms with Crippen LogP contribution in [0.2, 0.25) is 0 Å². The summed E-state index contributed by atoms with van der Waals surface area (Å²) in [6.07, 6.45) is 0. The lowest BCUT2D eigenvalue weighted by atomic mass is 10.3. The van der Waals surface area contributed by atoms with Gasteiger partial charge < -0.3 is 10.2 Å². The molecule has 0 aromatic heterocycles. The summed E-state index contributed by atoms with van der Waals surface area (Å²) in [7, 11) is 0.994. The first kappa shape index (κ1) is 13.4. The highest BCUT2D eigenvalue weighted by atomic mass is 35.7. The lowest BCUT2D eigenvalue weighted by molar-refractivity contribution is 0.414. The second-order valence-corrected chi connectivity index (χ2v) is 7.67. The molecule has 0 radical (unpaired) electrons. The van der Waals surface area contributed by atoms with E-state index in [1.165, 1.54) is 0 Å². The number of aromatic hydroxyl groups is 2. The van der Waals surface area contributed by atoms with Gasteiger partial charge in [-0.15, -0.1) is 0 Å². The van der Waals surface area contributed by atoms with Crippen molar-refractivity contribution >= 4 is 39.5 Å². The Kier molecular flexibility index (Phi) is 3.30. The van der Waals surface area contributed by atoms with Gasteiger partial charge in [0, 0.05) is 21.4 Å². The van der Waals surface area contributed by atoms with Crippen molar-refractivity contribution in [1.82, 2.24) is 0 Å². The quantitative estimate of drug-likeness (QED) is 0.787. The van der Waals surface area contributed by atoms with Crippen LogP contribution < -0.4 is 0 Å². The molecule has 10 heteroatoms. The van der Waals surface area contributed by atoms with Crippen LogP contribution in [0.1, 0.15) is 0 Å². The summed E-state index contributed by atoms with van der Waals surface area (Å²) in [6.45, 7) is 0. The van der Waals surface area contributed by atoms with Crippen LogP contribution in [0.15, 0.2) is 21.9 Å². The number of benzene rings is 1. The van der Waals surface area contributed by atoms with E-state index in [1.54, 1.807) is 0 Å². The molecule has 1 aromatic rings. The molecule has 0 heterocycles. The third-order valence-corrected chi connectivity index (χ3v) is 4.29. The normalized spacial score (nSPS) is 12.6. The molecule has 0 saturated carbocycles. The molecule has 0 amide bonds. The van der Waals surface area contributed by atoms with Crippen molar-refractivity contribution in [3.63, 3.8) is 0 Å². The van der Waals surface area contributed by atoms with Crippen LogP contribution in [0.25, 0.3) is 0 Å². The van der Waals surface area contributed by atoms with E-state index in [1.807, 2.05) is 0 Å². The number of phenols is 2. The Balaban J connectivity index is 3.79. The van der Waals surface area contributed by atoms with Crippen LogP contribution >= 0.6 is 21.4 Å². The van der Waals surface area contributed by atoms with Gasteiger partial charge in [-0.05, 0) is 12.1 Å². The van der Waals surface area contributed by atoms with Gasteiger partial charge in [-0.3, -0.25) is 0 Å². The van der Waals surface area contributed by atoms with E-state index in [2.05, 4.69) is 0 Å². The molecule has 0 saturated heterocycles. The van der Waals surface area contributed by atoms with Gasteiger partial charge >= 0.3 is 0 Å². The average Bonchev–Trinajstić information content (AvgIpc) is 1.97. The zero-order valence-electron chi connectivity index (χ0n) is 7.25. The minimum Gasteiger partial charge on any atom is -0.506 e. The molecule has 0 bridgehead atoms. The summed E-state index contributed by atoms with van der Waals surface area (Å²) in [5, 5.41) is 18.5. The summed E-state index contributed by atoms with van der Waals surface area (Å²) < 4.78 is 43.8. The molecular weight excluding hydrogens is 303 g/mol. The second kappa shape index (κ2) is 3.95. The zero-order valence-corrected chi connectivity index (χ0v) is 10.4. The van der Waals surface area contributed by atoms with E-state index in [9.17, 15) is 21.9 Å². The SMILES string of the molecule is O=S(=O)(Cl)c1ccc(O)c(S(=O)(=O)Cl)c1O. The molecule has 0 unspecified atom stereocenters. The highest BCUT2D eigenvalue weighted by Gasteiger charge is 2.27. The zero-order chi connectivity index (χ0) is 12.7. The maximum Gasteiger partial charge on any atom is 0.268 e. The predicted molar refractivity (Wildman–Crippen MR) is 55.8 cm³/mol. The topological polar surface area (TPSA) is 109 Å². The highest BCUT2D eigenvalue weighted by Crippen LogP contribution is 2.39. The molecule has 16 heavy (non-hydrogen) atoms. The van der Waals surface area contributed by atoms with Gasteiger partial charge in [0.25, 0.3) is 18.1 Å². The average molecular weight is 307 g/mol. The summed E-state index contributed by atoms with van der Waals surface area (Å²) in [5.41, 5.74) is 0. The summed E-state index contributed by atoms with van der Waals surface area (Å²) in [4.78, 5) is -1.96. The first-order valence-electron chi connectivity index (χ1n) is 3.49. The van der Waals surface area contributed by atoms with E-state index in [0.29, 0.717) is 0 Å². The van der Waals surface area contributed by atoms with Crippen molar-refractivity contribution in [3.8, 4) is 11.5 Å². The van der Waals surface area contributed by atoms with Gasteiger partial charge in [-0.25, -0.2) is 16.8 Å². The van der Waals surface area contributed by atoms with Crippen LogP contribution in [0, 0.1) is 0 Å². The van der Waals surface area contributed by atoms with Crippen molar-refractivity contribution in [2.75, 3.05) is 0 Å². The molecule has 0 aliphatic rings. The van der Waals surface area contributed by atoms with Crippen molar-refractivity contribution < 1.29 is 27.0 Å². The van der Waals surface area contributed by atoms with Gasteiger partial charge in [0.1, 0.15) is 10.6 Å². The molecule has 2 N–H and O–H groups in total. The molecule has 0 atom stereocenters. The van der Waals surface area contributed by atoms with Crippen molar-refractivity contribution in [2.45, 2.75) is 9.79 Å². The Morgan fingerprint density at radius 3 is 1.81 bits per heavy atom. The molecule has 1 aromatic carbocycles. The van der Waals surface area contributed by atoms with Crippen molar-refractivity contribution in [3.05, 3.63) is 12.1 Å². The van der Waals surface area contributed by atoms with Crippen LogP contribution in [-0.4, -0.2) is 27.0 Å². The Morgan fingerprint density at radius 2 is 1.44 bits per heavy atom. The van der Waals surface area contributed by atoms with Gasteiger partial charge in [-0.1, -0.05) is 0 Å². The van der Waals surface area contributed by atoms with Crippen molar-refractivity contribution in [1.29, 1.82) is 0 Å². The Morgan fingerprint density at radius 1 is 0.938 bits per heavy atom. The third kappa shape index (κ3) is 2.51. The molecular formula is C6H4Cl2O6S2. The molecule has 0 aliphatic carbocycles. The molecule has 1 rings (SSSR count). The number of phenolic OH excluding ortho intramolecular Hbond substituents is 2. The summed E-state index contributed by atoms with van der Waals surface area (Å²) in [5.74, 6) is -2.10. The van der Waals surface area contributed by atoms with E-state index < -0.39 is 39.4 Å². The number of rotatable bonds is 2.